The molecule has 0 saturated heterocycles. The first-order valence-electron chi connectivity index (χ1n) is 9.72. The van der Waals surface area contributed by atoms with Crippen molar-refractivity contribution in [3.05, 3.63) is 88.5 Å². The van der Waals surface area contributed by atoms with Crippen LogP contribution in [0.25, 0.3) is 33.5 Å². The number of nitrogen functional groups attached to an aromatic ring is 1. The number of hydrogen-bond acceptors (Lipinski definition) is 4. The predicted molar refractivity (Wildman–Crippen MR) is 129 cm³/mol. The number of nitrogens with zero attached hydrogens (tertiary/aromatic N) is 2. The molecule has 0 fully saturated rings. The Hall–Kier alpha value is -3.62. The Kier molecular flexibility index (Phi) is 5.75. The van der Waals surface area contributed by atoms with Crippen LogP contribution in [0.15, 0.2) is 77.3 Å². The summed E-state index contributed by atoms with van der Waals surface area (Å²) < 4.78 is 6.24. The maximum Gasteiger partial charge on any atom is 0.151 e. The van der Waals surface area contributed by atoms with Crippen LogP contribution in [0.1, 0.15) is 11.3 Å². The van der Waals surface area contributed by atoms with Gasteiger partial charge in [0.25, 0.3) is 0 Å². The summed E-state index contributed by atoms with van der Waals surface area (Å²) >= 11 is 3.46. The highest BCUT2D eigenvalue weighted by molar-refractivity contribution is 9.10. The second kappa shape index (κ2) is 8.63. The Morgan fingerprint density at radius 3 is 1.97 bits per heavy atom. The number of methoxy groups -OCH3 is 1. The molecule has 0 aliphatic heterocycles. The molecule has 152 valence electrons. The number of aryl methyl sites for hydroxylation is 1. The van der Waals surface area contributed by atoms with Gasteiger partial charge < -0.3 is 10.5 Å². The molecule has 0 saturated carbocycles. The molecule has 31 heavy (non-hydrogen) atoms. The zero-order valence-electron chi connectivity index (χ0n) is 17.2. The summed E-state index contributed by atoms with van der Waals surface area (Å²) in [6.07, 6.45) is 0. The fourth-order valence-corrected chi connectivity index (χ4v) is 3.83. The molecule has 2 N–H and O–H groups in total. The molecule has 3 aromatic carbocycles. The summed E-state index contributed by atoms with van der Waals surface area (Å²) in [4.78, 5) is 4.78. The summed E-state index contributed by atoms with van der Waals surface area (Å²) in [6, 6.07) is 25.7. The monoisotopic (exact) mass is 469 g/mol. The van der Waals surface area contributed by atoms with Crippen molar-refractivity contribution in [2.24, 2.45) is 0 Å². The zero-order valence-corrected chi connectivity index (χ0v) is 18.8. The van der Waals surface area contributed by atoms with Gasteiger partial charge in [-0.1, -0.05) is 57.9 Å². The van der Waals surface area contributed by atoms with Gasteiger partial charge in [0.1, 0.15) is 11.8 Å². The molecule has 0 amide bonds. The minimum absolute atomic E-state index is 0.293. The zero-order chi connectivity index (χ0) is 22.0. The van der Waals surface area contributed by atoms with Gasteiger partial charge in [-0.25, -0.2) is 4.98 Å². The minimum atomic E-state index is 0.293. The fourth-order valence-electron chi connectivity index (χ4n) is 3.56. The van der Waals surface area contributed by atoms with Gasteiger partial charge in [-0.15, -0.1) is 0 Å². The molecule has 1 aromatic heterocycles. The highest BCUT2D eigenvalue weighted by Crippen LogP contribution is 2.42. The van der Waals surface area contributed by atoms with Crippen LogP contribution in [0.5, 0.6) is 5.75 Å². The molecular formula is C26H20BrN3O. The molecule has 0 radical (unpaired) electrons. The highest BCUT2D eigenvalue weighted by atomic mass is 79.9. The second-order valence-corrected chi connectivity index (χ2v) is 8.10. The first-order valence-corrected chi connectivity index (χ1v) is 10.5. The predicted octanol–water partition coefficient (Wildman–Crippen LogP) is 6.62. The molecular weight excluding hydrogens is 450 g/mol. The van der Waals surface area contributed by atoms with Crippen molar-refractivity contribution in [2.45, 2.75) is 6.92 Å². The lowest BCUT2D eigenvalue weighted by Crippen LogP contribution is -2.03. The third kappa shape index (κ3) is 4.03. The molecule has 0 aliphatic carbocycles. The summed E-state index contributed by atoms with van der Waals surface area (Å²) in [5.41, 5.74) is 13.5. The molecule has 0 atom stereocenters. The lowest BCUT2D eigenvalue weighted by Gasteiger charge is -2.18. The molecule has 0 unspecified atom stereocenters. The quantitative estimate of drug-likeness (QED) is 0.364. The van der Waals surface area contributed by atoms with Crippen LogP contribution in [0.3, 0.4) is 0 Å². The lowest BCUT2D eigenvalue weighted by atomic mass is 9.91. The Balaban J connectivity index is 2.04. The Morgan fingerprint density at radius 1 is 0.839 bits per heavy atom. The van der Waals surface area contributed by atoms with E-state index in [4.69, 9.17) is 15.5 Å². The normalized spacial score (nSPS) is 10.5. The van der Waals surface area contributed by atoms with E-state index in [1.165, 1.54) is 0 Å². The third-order valence-corrected chi connectivity index (χ3v) is 5.71. The van der Waals surface area contributed by atoms with Gasteiger partial charge in [-0.2, -0.15) is 5.26 Å². The van der Waals surface area contributed by atoms with Crippen molar-refractivity contribution < 1.29 is 4.74 Å². The largest absolute Gasteiger partial charge is 0.497 e. The Morgan fingerprint density at radius 2 is 1.39 bits per heavy atom. The molecule has 1 heterocycles. The molecule has 5 heteroatoms. The first-order chi connectivity index (χ1) is 15.0. The van der Waals surface area contributed by atoms with Crippen LogP contribution in [0.2, 0.25) is 0 Å². The van der Waals surface area contributed by atoms with Gasteiger partial charge in [0.2, 0.25) is 0 Å². The highest BCUT2D eigenvalue weighted by Gasteiger charge is 2.21. The van der Waals surface area contributed by atoms with E-state index in [0.29, 0.717) is 22.6 Å². The van der Waals surface area contributed by atoms with Gasteiger partial charge >= 0.3 is 0 Å². The van der Waals surface area contributed by atoms with Crippen LogP contribution >= 0.6 is 15.9 Å². The molecule has 0 spiro atoms. The summed E-state index contributed by atoms with van der Waals surface area (Å²) in [5.74, 6) is 0.751. The van der Waals surface area contributed by atoms with Crippen molar-refractivity contribution in [1.82, 2.24) is 4.98 Å². The van der Waals surface area contributed by atoms with Crippen molar-refractivity contribution in [3.63, 3.8) is 0 Å². The third-order valence-electron chi connectivity index (χ3n) is 5.18. The SMILES string of the molecule is COc1ccc(-c2nc(C#N)c(-c3ccc(Br)cc3)c(N)c2-c2ccc(C)cc2)cc1. The maximum absolute atomic E-state index is 9.91. The van der Waals surface area contributed by atoms with Crippen molar-refractivity contribution in [2.75, 3.05) is 12.8 Å². The van der Waals surface area contributed by atoms with Crippen molar-refractivity contribution in [3.8, 4) is 45.3 Å². The minimum Gasteiger partial charge on any atom is -0.497 e. The van der Waals surface area contributed by atoms with Crippen molar-refractivity contribution >= 4 is 21.6 Å². The molecule has 4 aromatic rings. The number of nitriles is 1. The Bertz CT molecular complexity index is 1270. The number of ether oxygens (including phenoxy) is 1. The molecule has 4 rings (SSSR count). The lowest BCUT2D eigenvalue weighted by molar-refractivity contribution is 0.415. The van der Waals surface area contributed by atoms with Gasteiger partial charge in [0.05, 0.1) is 18.5 Å². The number of halogens is 1. The maximum atomic E-state index is 9.91. The standard InChI is InChI=1S/C26H20BrN3O/c1-16-3-5-18(6-4-16)24-25(29)23(17-7-11-20(27)12-8-17)22(15-28)30-26(24)19-9-13-21(31-2)14-10-19/h3-14H,1-2H3,(H2,29,30). The van der Waals surface area contributed by atoms with E-state index in [1.54, 1.807) is 7.11 Å². The number of rotatable bonds is 4. The van der Waals surface area contributed by atoms with Crippen LogP contribution in [0, 0.1) is 18.3 Å². The van der Waals surface area contributed by atoms with Crippen molar-refractivity contribution in [1.29, 1.82) is 5.26 Å². The van der Waals surface area contributed by atoms with E-state index in [0.717, 1.165) is 38.0 Å². The number of aromatic nitrogens is 1. The molecule has 0 bridgehead atoms. The van der Waals surface area contributed by atoms with E-state index in [2.05, 4.69) is 22.0 Å². The van der Waals surface area contributed by atoms with E-state index < -0.39 is 0 Å². The van der Waals surface area contributed by atoms with Gasteiger partial charge in [-0.3, -0.25) is 0 Å². The van der Waals surface area contributed by atoms with Gasteiger partial charge in [0, 0.05) is 21.2 Å². The van der Waals surface area contributed by atoms with Crippen LogP contribution < -0.4 is 10.5 Å². The number of anilines is 1. The van der Waals surface area contributed by atoms with Crippen LogP contribution in [-0.2, 0) is 0 Å². The number of hydrogen-bond donors (Lipinski definition) is 1. The summed E-state index contributed by atoms with van der Waals surface area (Å²) in [7, 11) is 1.63. The second-order valence-electron chi connectivity index (χ2n) is 7.19. The average molecular weight is 470 g/mol. The van der Waals surface area contributed by atoms with E-state index in [1.807, 2.05) is 79.7 Å². The van der Waals surface area contributed by atoms with Crippen LogP contribution in [0.4, 0.5) is 5.69 Å². The smallest absolute Gasteiger partial charge is 0.151 e. The number of nitrogens with two attached hydrogens (primary N) is 1. The summed E-state index contributed by atoms with van der Waals surface area (Å²) in [5, 5.41) is 9.91. The number of benzene rings is 3. The van der Waals surface area contributed by atoms with E-state index in [9.17, 15) is 5.26 Å². The topological polar surface area (TPSA) is 71.9 Å². The average Bonchev–Trinajstić information content (AvgIpc) is 2.80. The number of pyridine rings is 1. The molecule has 4 nitrogen and oxygen atoms in total. The van der Waals surface area contributed by atoms with E-state index in [-0.39, 0.29) is 0 Å². The van der Waals surface area contributed by atoms with Crippen LogP contribution in [-0.4, -0.2) is 12.1 Å². The fraction of sp³-hybridized carbons (Fsp3) is 0.0769. The van der Waals surface area contributed by atoms with Gasteiger partial charge in [-0.05, 0) is 54.4 Å². The van der Waals surface area contributed by atoms with E-state index >= 15 is 0 Å². The Labute approximate surface area is 190 Å². The molecule has 0 aliphatic rings. The van der Waals surface area contributed by atoms with Gasteiger partial charge in [0.15, 0.2) is 5.69 Å². The first kappa shape index (κ1) is 20.6. The summed E-state index contributed by atoms with van der Waals surface area (Å²) in [6.45, 7) is 2.04.